The van der Waals surface area contributed by atoms with Gasteiger partial charge >= 0.3 is 0 Å². The molecule has 0 aliphatic carbocycles. The lowest BCUT2D eigenvalue weighted by Crippen LogP contribution is -2.14. The van der Waals surface area contributed by atoms with Crippen molar-refractivity contribution in [1.82, 2.24) is 5.32 Å². The molecule has 0 radical (unpaired) electrons. The first kappa shape index (κ1) is 15.5. The molecule has 2 atom stereocenters. The molecule has 1 aliphatic heterocycles. The minimum absolute atomic E-state index is 0.0931. The molecule has 0 unspecified atom stereocenters. The third-order valence-corrected chi connectivity index (χ3v) is 3.98. The van der Waals surface area contributed by atoms with E-state index in [2.05, 4.69) is 17.4 Å². The number of nitro groups is 1. The van der Waals surface area contributed by atoms with Gasteiger partial charge in [-0.15, -0.1) is 0 Å². The Balaban J connectivity index is 1.69. The molecule has 23 heavy (non-hydrogen) atoms. The molecule has 0 bridgehead atoms. The van der Waals surface area contributed by atoms with Crippen LogP contribution in [0, 0.1) is 10.1 Å². The fourth-order valence-corrected chi connectivity index (χ4v) is 2.63. The second kappa shape index (κ2) is 6.36. The summed E-state index contributed by atoms with van der Waals surface area (Å²) in [6.45, 7) is 0.678. The van der Waals surface area contributed by atoms with E-state index in [1.807, 2.05) is 31.1 Å². The van der Waals surface area contributed by atoms with Crippen molar-refractivity contribution < 1.29 is 9.66 Å². The van der Waals surface area contributed by atoms with Gasteiger partial charge in [-0.25, -0.2) is 0 Å². The highest BCUT2D eigenvalue weighted by Gasteiger charge is 2.27. The van der Waals surface area contributed by atoms with Gasteiger partial charge in [0.05, 0.1) is 11.0 Å². The number of hydrogen-bond donors (Lipinski definition) is 1. The molecule has 6 heteroatoms. The Hall–Kier alpha value is -2.44. The second-order valence-corrected chi connectivity index (χ2v) is 5.75. The summed E-state index contributed by atoms with van der Waals surface area (Å²) in [7, 11) is 4.01. The first-order valence-corrected chi connectivity index (χ1v) is 7.45. The lowest BCUT2D eigenvalue weighted by Gasteiger charge is -2.16. The molecule has 3 rings (SSSR count). The summed E-state index contributed by atoms with van der Waals surface area (Å²) in [5.74, 6) is 0. The maximum Gasteiger partial charge on any atom is 0.269 e. The highest BCUT2D eigenvalue weighted by molar-refractivity contribution is 5.46. The number of nitrogens with zero attached hydrogens (tertiary/aromatic N) is 2. The third kappa shape index (κ3) is 3.33. The van der Waals surface area contributed by atoms with E-state index in [1.165, 1.54) is 12.1 Å². The first-order chi connectivity index (χ1) is 11.0. The molecule has 2 aromatic rings. The number of anilines is 1. The highest BCUT2D eigenvalue weighted by atomic mass is 16.6. The Morgan fingerprint density at radius 1 is 1.09 bits per heavy atom. The number of hydrogen-bond acceptors (Lipinski definition) is 5. The van der Waals surface area contributed by atoms with Crippen LogP contribution in [0.25, 0.3) is 0 Å². The quantitative estimate of drug-likeness (QED) is 0.694. The summed E-state index contributed by atoms with van der Waals surface area (Å²) in [6.07, 6.45) is -0.263. The van der Waals surface area contributed by atoms with Gasteiger partial charge in [-0.2, -0.15) is 0 Å². The zero-order valence-corrected chi connectivity index (χ0v) is 13.1. The fraction of sp³-hybridized carbons (Fsp3) is 0.294. The molecule has 1 saturated heterocycles. The maximum atomic E-state index is 10.7. The number of nitrogens with one attached hydrogen (secondary N) is 1. The molecule has 120 valence electrons. The predicted molar refractivity (Wildman–Crippen MR) is 88.4 cm³/mol. The number of nitro benzene ring substituents is 1. The van der Waals surface area contributed by atoms with E-state index in [9.17, 15) is 10.1 Å². The van der Waals surface area contributed by atoms with E-state index >= 15 is 0 Å². The minimum Gasteiger partial charge on any atom is -0.378 e. The van der Waals surface area contributed by atoms with Crippen LogP contribution in [0.1, 0.15) is 23.5 Å². The Labute approximate surface area is 134 Å². The first-order valence-electron chi connectivity index (χ1n) is 7.45. The summed E-state index contributed by atoms with van der Waals surface area (Å²) in [4.78, 5) is 12.4. The van der Waals surface area contributed by atoms with Gasteiger partial charge in [-0.1, -0.05) is 12.1 Å². The van der Waals surface area contributed by atoms with Crippen molar-refractivity contribution in [2.75, 3.05) is 25.5 Å². The lowest BCUT2D eigenvalue weighted by atomic mass is 10.1. The maximum absolute atomic E-state index is 10.7. The Bertz CT molecular complexity index is 683. The monoisotopic (exact) mass is 313 g/mol. The molecule has 1 N–H and O–H groups in total. The molecular weight excluding hydrogens is 294 g/mol. The van der Waals surface area contributed by atoms with E-state index in [-0.39, 0.29) is 18.0 Å². The predicted octanol–water partition coefficient (Wildman–Crippen LogP) is 3.02. The topological polar surface area (TPSA) is 67.6 Å². The normalized spacial score (nSPS) is 20.4. The van der Waals surface area contributed by atoms with E-state index < -0.39 is 4.92 Å². The van der Waals surface area contributed by atoms with Crippen LogP contribution < -0.4 is 10.2 Å². The van der Waals surface area contributed by atoms with Crippen LogP contribution in [-0.4, -0.2) is 25.6 Å². The van der Waals surface area contributed by atoms with Crippen molar-refractivity contribution in [3.8, 4) is 0 Å². The molecule has 1 fully saturated rings. The van der Waals surface area contributed by atoms with Crippen LogP contribution in [0.4, 0.5) is 11.4 Å². The second-order valence-electron chi connectivity index (χ2n) is 5.75. The van der Waals surface area contributed by atoms with Crippen LogP contribution in [0.2, 0.25) is 0 Å². The molecular formula is C17H19N3O3. The fourth-order valence-electron chi connectivity index (χ4n) is 2.63. The molecule has 1 heterocycles. The van der Waals surface area contributed by atoms with Gasteiger partial charge in [0.25, 0.3) is 5.69 Å². The Kier molecular flexibility index (Phi) is 4.27. The van der Waals surface area contributed by atoms with Gasteiger partial charge in [-0.05, 0) is 35.4 Å². The Morgan fingerprint density at radius 3 is 2.26 bits per heavy atom. The van der Waals surface area contributed by atoms with Gasteiger partial charge in [0, 0.05) is 38.5 Å². The molecule has 0 aromatic heterocycles. The van der Waals surface area contributed by atoms with Gasteiger partial charge in [0.1, 0.15) is 6.23 Å². The lowest BCUT2D eigenvalue weighted by molar-refractivity contribution is -0.384. The molecule has 2 aromatic carbocycles. The average Bonchev–Trinajstić information content (AvgIpc) is 3.05. The summed E-state index contributed by atoms with van der Waals surface area (Å²) in [5, 5.41) is 14.0. The van der Waals surface area contributed by atoms with Crippen molar-refractivity contribution in [3.63, 3.8) is 0 Å². The van der Waals surface area contributed by atoms with E-state index in [4.69, 9.17) is 4.74 Å². The molecule has 0 saturated carbocycles. The van der Waals surface area contributed by atoms with E-state index in [0.29, 0.717) is 6.54 Å². The summed E-state index contributed by atoms with van der Waals surface area (Å²) >= 11 is 0. The summed E-state index contributed by atoms with van der Waals surface area (Å²) in [5.41, 5.74) is 3.24. The van der Waals surface area contributed by atoms with Crippen LogP contribution in [0.15, 0.2) is 48.5 Å². The number of benzene rings is 2. The zero-order valence-electron chi connectivity index (χ0n) is 13.1. The van der Waals surface area contributed by atoms with Crippen molar-refractivity contribution in [3.05, 3.63) is 69.8 Å². The third-order valence-electron chi connectivity index (χ3n) is 3.98. The summed E-state index contributed by atoms with van der Waals surface area (Å²) in [6, 6.07) is 14.7. The van der Waals surface area contributed by atoms with Crippen molar-refractivity contribution in [2.24, 2.45) is 0 Å². The number of rotatable bonds is 4. The van der Waals surface area contributed by atoms with Crippen LogP contribution in [0.5, 0.6) is 0 Å². The van der Waals surface area contributed by atoms with Crippen molar-refractivity contribution >= 4 is 11.4 Å². The minimum atomic E-state index is -0.396. The SMILES string of the molecule is CN(C)c1ccc([C@@H]2NC[C@@H](c3ccc([N+](=O)[O-])cc3)O2)cc1. The van der Waals surface area contributed by atoms with Crippen LogP contribution in [-0.2, 0) is 4.74 Å². The molecule has 0 amide bonds. The van der Waals surface area contributed by atoms with Crippen molar-refractivity contribution in [1.29, 1.82) is 0 Å². The summed E-state index contributed by atoms with van der Waals surface area (Å²) < 4.78 is 6.04. The van der Waals surface area contributed by atoms with Crippen LogP contribution >= 0.6 is 0 Å². The number of ether oxygens (including phenoxy) is 1. The smallest absolute Gasteiger partial charge is 0.269 e. The average molecular weight is 313 g/mol. The number of non-ortho nitro benzene ring substituents is 1. The van der Waals surface area contributed by atoms with E-state index in [0.717, 1.165) is 16.8 Å². The van der Waals surface area contributed by atoms with Gasteiger partial charge in [0.15, 0.2) is 0 Å². The van der Waals surface area contributed by atoms with Crippen LogP contribution in [0.3, 0.4) is 0 Å². The van der Waals surface area contributed by atoms with Gasteiger partial charge < -0.3 is 9.64 Å². The molecule has 6 nitrogen and oxygen atoms in total. The van der Waals surface area contributed by atoms with Gasteiger partial charge in [0.2, 0.25) is 0 Å². The van der Waals surface area contributed by atoms with E-state index in [1.54, 1.807) is 12.1 Å². The van der Waals surface area contributed by atoms with Crippen molar-refractivity contribution in [2.45, 2.75) is 12.3 Å². The largest absolute Gasteiger partial charge is 0.378 e. The van der Waals surface area contributed by atoms with Gasteiger partial charge in [-0.3, -0.25) is 15.4 Å². The molecule has 0 spiro atoms. The molecule has 1 aliphatic rings. The zero-order chi connectivity index (χ0) is 16.4. The highest BCUT2D eigenvalue weighted by Crippen LogP contribution is 2.31. The standard InChI is InChI=1S/C17H19N3O3/c1-19(2)14-7-5-13(6-8-14)17-18-11-16(23-17)12-3-9-15(10-4-12)20(21)22/h3-10,16-18H,11H2,1-2H3/t16-,17+/m0/s1. The Morgan fingerprint density at radius 2 is 1.70 bits per heavy atom.